The summed E-state index contributed by atoms with van der Waals surface area (Å²) in [5, 5.41) is 2.90. The summed E-state index contributed by atoms with van der Waals surface area (Å²) in [7, 11) is 0. The topological polar surface area (TPSA) is 75.4 Å². The van der Waals surface area contributed by atoms with E-state index >= 15 is 0 Å². The van der Waals surface area contributed by atoms with Crippen LogP contribution in [0.2, 0.25) is 0 Å². The average molecular weight is 335 g/mol. The minimum atomic E-state index is -0.485. The number of rotatable bonds is 6. The van der Waals surface area contributed by atoms with Crippen LogP contribution in [0.5, 0.6) is 0 Å². The number of hydrogen-bond acceptors (Lipinski definition) is 4. The Bertz CT molecular complexity index is 565. The minimum absolute atomic E-state index is 0.0204. The number of carbonyl (C=O) groups is 2. The van der Waals surface area contributed by atoms with Crippen molar-refractivity contribution in [2.75, 3.05) is 25.1 Å². The van der Waals surface area contributed by atoms with Crippen molar-refractivity contribution < 1.29 is 9.59 Å². The van der Waals surface area contributed by atoms with Crippen LogP contribution in [0.3, 0.4) is 0 Å². The van der Waals surface area contributed by atoms with E-state index < -0.39 is 6.04 Å². The van der Waals surface area contributed by atoms with Crippen molar-refractivity contribution in [1.29, 1.82) is 0 Å². The van der Waals surface area contributed by atoms with Gasteiger partial charge in [-0.1, -0.05) is 17.7 Å². The van der Waals surface area contributed by atoms with Crippen LogP contribution in [-0.4, -0.2) is 53.9 Å². The van der Waals surface area contributed by atoms with Crippen molar-refractivity contribution in [3.8, 4) is 0 Å². The van der Waals surface area contributed by atoms with Crippen molar-refractivity contribution in [2.45, 2.75) is 31.8 Å². The number of benzene rings is 1. The van der Waals surface area contributed by atoms with Gasteiger partial charge in [0.15, 0.2) is 0 Å². The molecule has 1 aliphatic rings. The van der Waals surface area contributed by atoms with E-state index in [2.05, 4.69) is 5.32 Å². The highest BCUT2D eigenvalue weighted by molar-refractivity contribution is 7.98. The number of thioether (sulfide) groups is 1. The Morgan fingerprint density at radius 1 is 1.48 bits per heavy atom. The van der Waals surface area contributed by atoms with Crippen LogP contribution in [0, 0.1) is 6.92 Å². The van der Waals surface area contributed by atoms with Crippen LogP contribution in [0.15, 0.2) is 24.3 Å². The highest BCUT2D eigenvalue weighted by Crippen LogP contribution is 2.13. The summed E-state index contributed by atoms with van der Waals surface area (Å²) < 4.78 is 0. The first-order chi connectivity index (χ1) is 11.0. The smallest absolute Gasteiger partial charge is 0.251 e. The van der Waals surface area contributed by atoms with Gasteiger partial charge in [0, 0.05) is 24.7 Å². The van der Waals surface area contributed by atoms with Gasteiger partial charge in [-0.05, 0) is 43.9 Å². The molecule has 0 aromatic heterocycles. The third-order valence-corrected chi connectivity index (χ3v) is 4.67. The summed E-state index contributed by atoms with van der Waals surface area (Å²) in [6.07, 6.45) is 3.45. The van der Waals surface area contributed by atoms with Gasteiger partial charge in [-0.3, -0.25) is 9.59 Å². The van der Waals surface area contributed by atoms with Gasteiger partial charge in [0.05, 0.1) is 0 Å². The lowest BCUT2D eigenvalue weighted by Crippen LogP contribution is -2.48. The van der Waals surface area contributed by atoms with E-state index in [0.717, 1.165) is 17.7 Å². The fourth-order valence-electron chi connectivity index (χ4n) is 2.73. The van der Waals surface area contributed by atoms with E-state index in [4.69, 9.17) is 5.73 Å². The average Bonchev–Trinajstić information content (AvgIpc) is 2.97. The van der Waals surface area contributed by atoms with Gasteiger partial charge in [-0.25, -0.2) is 0 Å². The zero-order valence-corrected chi connectivity index (χ0v) is 14.6. The molecule has 23 heavy (non-hydrogen) atoms. The Kier molecular flexibility index (Phi) is 6.47. The number of nitrogens with one attached hydrogen (secondary N) is 1. The molecule has 2 amide bonds. The second-order valence-electron chi connectivity index (χ2n) is 6.01. The molecule has 2 rings (SSSR count). The van der Waals surface area contributed by atoms with E-state index in [0.29, 0.717) is 25.1 Å². The van der Waals surface area contributed by atoms with Crippen LogP contribution in [0.4, 0.5) is 0 Å². The summed E-state index contributed by atoms with van der Waals surface area (Å²) in [6.45, 7) is 3.20. The SMILES string of the molecule is CSCCC(NC(=O)c1cccc(C)c1)C(=O)N1CC[C@@H](N)C1. The van der Waals surface area contributed by atoms with Crippen LogP contribution in [0.25, 0.3) is 0 Å². The lowest BCUT2D eigenvalue weighted by atomic mass is 10.1. The molecule has 0 spiro atoms. The molecule has 2 atom stereocenters. The molecule has 1 saturated heterocycles. The number of hydrogen-bond donors (Lipinski definition) is 2. The normalized spacial score (nSPS) is 18.7. The molecule has 1 aromatic carbocycles. The largest absolute Gasteiger partial charge is 0.340 e. The molecule has 6 heteroatoms. The van der Waals surface area contributed by atoms with Crippen molar-refractivity contribution in [2.24, 2.45) is 5.73 Å². The number of nitrogens with zero attached hydrogens (tertiary/aromatic N) is 1. The first kappa shape index (κ1) is 17.8. The second kappa shape index (κ2) is 8.36. The Hall–Kier alpha value is -1.53. The molecular weight excluding hydrogens is 310 g/mol. The molecule has 1 fully saturated rings. The highest BCUT2D eigenvalue weighted by atomic mass is 32.2. The van der Waals surface area contributed by atoms with Crippen LogP contribution in [0.1, 0.15) is 28.8 Å². The summed E-state index contributed by atoms with van der Waals surface area (Å²) in [5.41, 5.74) is 7.50. The Balaban J connectivity index is 2.05. The zero-order chi connectivity index (χ0) is 16.8. The van der Waals surface area contributed by atoms with Crippen LogP contribution >= 0.6 is 11.8 Å². The molecule has 0 saturated carbocycles. The van der Waals surface area contributed by atoms with Gasteiger partial charge < -0.3 is 16.0 Å². The second-order valence-corrected chi connectivity index (χ2v) is 7.00. The summed E-state index contributed by atoms with van der Waals surface area (Å²) in [4.78, 5) is 26.9. The minimum Gasteiger partial charge on any atom is -0.340 e. The molecule has 1 unspecified atom stereocenters. The third kappa shape index (κ3) is 4.97. The molecule has 3 N–H and O–H groups in total. The number of aryl methyl sites for hydroxylation is 1. The first-order valence-electron chi connectivity index (χ1n) is 7.92. The van der Waals surface area contributed by atoms with Gasteiger partial charge in [-0.2, -0.15) is 11.8 Å². The quantitative estimate of drug-likeness (QED) is 0.824. The fourth-order valence-corrected chi connectivity index (χ4v) is 3.20. The number of carbonyl (C=O) groups excluding carboxylic acids is 2. The number of likely N-dealkylation sites (tertiary alicyclic amines) is 1. The van der Waals surface area contributed by atoms with Gasteiger partial charge in [0.2, 0.25) is 5.91 Å². The Morgan fingerprint density at radius 3 is 2.87 bits per heavy atom. The maximum Gasteiger partial charge on any atom is 0.251 e. The van der Waals surface area contributed by atoms with Crippen molar-refractivity contribution in [3.63, 3.8) is 0 Å². The van der Waals surface area contributed by atoms with Gasteiger partial charge >= 0.3 is 0 Å². The van der Waals surface area contributed by atoms with Crippen molar-refractivity contribution >= 4 is 23.6 Å². The van der Waals surface area contributed by atoms with E-state index in [1.54, 1.807) is 22.7 Å². The fraction of sp³-hybridized carbons (Fsp3) is 0.529. The van der Waals surface area contributed by atoms with E-state index in [1.165, 1.54) is 0 Å². The molecule has 0 bridgehead atoms. The first-order valence-corrected chi connectivity index (χ1v) is 9.31. The van der Waals surface area contributed by atoms with Crippen molar-refractivity contribution in [3.05, 3.63) is 35.4 Å². The highest BCUT2D eigenvalue weighted by Gasteiger charge is 2.30. The maximum atomic E-state index is 12.7. The van der Waals surface area contributed by atoms with E-state index in [9.17, 15) is 9.59 Å². The molecule has 1 aliphatic heterocycles. The number of nitrogens with two attached hydrogens (primary N) is 1. The van der Waals surface area contributed by atoms with Crippen molar-refractivity contribution in [1.82, 2.24) is 10.2 Å². The molecule has 5 nitrogen and oxygen atoms in total. The predicted molar refractivity (Wildman–Crippen MR) is 94.6 cm³/mol. The monoisotopic (exact) mass is 335 g/mol. The van der Waals surface area contributed by atoms with Crippen LogP contribution < -0.4 is 11.1 Å². The lowest BCUT2D eigenvalue weighted by molar-refractivity contribution is -0.132. The molecule has 1 heterocycles. The predicted octanol–water partition coefficient (Wildman–Crippen LogP) is 1.41. The van der Waals surface area contributed by atoms with E-state index in [-0.39, 0.29) is 17.9 Å². The summed E-state index contributed by atoms with van der Waals surface area (Å²) in [6, 6.07) is 6.95. The van der Waals surface area contributed by atoms with Crippen LogP contribution in [-0.2, 0) is 4.79 Å². The standard InChI is InChI=1S/C17H25N3O2S/c1-12-4-3-5-13(10-12)16(21)19-15(7-9-23-2)17(22)20-8-6-14(18)11-20/h3-5,10,14-15H,6-9,11,18H2,1-2H3,(H,19,21)/t14-,15?/m1/s1. The van der Waals surface area contributed by atoms with E-state index in [1.807, 2.05) is 31.4 Å². The molecular formula is C17H25N3O2S. The van der Waals surface area contributed by atoms with Gasteiger partial charge in [0.25, 0.3) is 5.91 Å². The van der Waals surface area contributed by atoms with Gasteiger partial charge in [-0.15, -0.1) is 0 Å². The zero-order valence-electron chi connectivity index (χ0n) is 13.7. The number of amides is 2. The molecule has 0 radical (unpaired) electrons. The third-order valence-electron chi connectivity index (χ3n) is 4.03. The summed E-state index contributed by atoms with van der Waals surface area (Å²) in [5.74, 6) is 0.606. The Morgan fingerprint density at radius 2 is 2.26 bits per heavy atom. The maximum absolute atomic E-state index is 12.7. The molecule has 0 aliphatic carbocycles. The van der Waals surface area contributed by atoms with Gasteiger partial charge in [0.1, 0.15) is 6.04 Å². The Labute approximate surface area is 142 Å². The molecule has 126 valence electrons. The summed E-state index contributed by atoms with van der Waals surface area (Å²) >= 11 is 1.67. The lowest BCUT2D eigenvalue weighted by Gasteiger charge is -2.24. The molecule has 1 aromatic rings.